The van der Waals surface area contributed by atoms with Gasteiger partial charge < -0.3 is 15.0 Å². The molecule has 1 aliphatic rings. The van der Waals surface area contributed by atoms with E-state index in [0.29, 0.717) is 42.6 Å². The third-order valence-electron chi connectivity index (χ3n) is 5.28. The third kappa shape index (κ3) is 5.44. The fourth-order valence-electron chi connectivity index (χ4n) is 3.43. The van der Waals surface area contributed by atoms with Crippen LogP contribution in [0.3, 0.4) is 0 Å². The molecule has 0 spiro atoms. The number of aromatic nitrogens is 4. The number of nitrogens with one attached hydrogen (secondary N) is 1. The number of ether oxygens (including phenoxy) is 1. The van der Waals surface area contributed by atoms with Crippen LogP contribution >= 0.6 is 11.3 Å². The van der Waals surface area contributed by atoms with Crippen LogP contribution in [0.2, 0.25) is 0 Å². The molecule has 1 aliphatic heterocycles. The van der Waals surface area contributed by atoms with Crippen LogP contribution in [-0.2, 0) is 22.6 Å². The van der Waals surface area contributed by atoms with Crippen molar-refractivity contribution in [3.8, 4) is 0 Å². The lowest BCUT2D eigenvalue weighted by atomic mass is 9.97. The minimum absolute atomic E-state index is 0.0109. The lowest BCUT2D eigenvalue weighted by molar-refractivity contribution is -0.150. The lowest BCUT2D eigenvalue weighted by Gasteiger charge is -2.30. The van der Waals surface area contributed by atoms with Gasteiger partial charge >= 0.3 is 5.97 Å². The van der Waals surface area contributed by atoms with Gasteiger partial charge in [-0.05, 0) is 43.0 Å². The second-order valence-electron chi connectivity index (χ2n) is 7.42. The molecule has 1 saturated heterocycles. The standard InChI is InChI=1S/C22H24N6O3S/c1-2-15-4-6-17(7-5-15)25-19(29)20-27-26-18(32-20)14-31-21(30)16-8-12-28(13-9-16)22-23-10-3-11-24-22/h3-7,10-11,16H,2,8-9,12-14H2,1H3,(H,25,29). The number of hydrogen-bond acceptors (Lipinski definition) is 9. The van der Waals surface area contributed by atoms with E-state index in [-0.39, 0.29) is 29.4 Å². The largest absolute Gasteiger partial charge is 0.458 e. The number of carbonyl (C=O) groups excluding carboxylic acids is 2. The number of carbonyl (C=O) groups is 2. The van der Waals surface area contributed by atoms with Crippen molar-refractivity contribution in [3.63, 3.8) is 0 Å². The van der Waals surface area contributed by atoms with Gasteiger partial charge in [0.1, 0.15) is 6.61 Å². The number of hydrogen-bond donors (Lipinski definition) is 1. The molecule has 10 heteroatoms. The van der Waals surface area contributed by atoms with Crippen LogP contribution in [-0.4, -0.2) is 45.1 Å². The quantitative estimate of drug-likeness (QED) is 0.545. The molecule has 3 aromatic rings. The van der Waals surface area contributed by atoms with Gasteiger partial charge in [-0.1, -0.05) is 30.4 Å². The van der Waals surface area contributed by atoms with E-state index in [1.54, 1.807) is 18.5 Å². The normalized spacial score (nSPS) is 14.2. The number of esters is 1. The summed E-state index contributed by atoms with van der Waals surface area (Å²) in [4.78, 5) is 35.4. The number of piperidine rings is 1. The molecule has 4 rings (SSSR count). The van der Waals surface area contributed by atoms with Gasteiger partial charge in [-0.2, -0.15) is 0 Å². The lowest BCUT2D eigenvalue weighted by Crippen LogP contribution is -2.37. The van der Waals surface area contributed by atoms with Crippen molar-refractivity contribution in [2.45, 2.75) is 32.8 Å². The Balaban J connectivity index is 1.24. The van der Waals surface area contributed by atoms with E-state index in [1.807, 2.05) is 24.3 Å². The molecule has 2 aromatic heterocycles. The van der Waals surface area contributed by atoms with E-state index in [4.69, 9.17) is 4.74 Å². The summed E-state index contributed by atoms with van der Waals surface area (Å²) in [5.74, 6) is -0.0762. The highest BCUT2D eigenvalue weighted by atomic mass is 32.1. The maximum absolute atomic E-state index is 12.5. The van der Waals surface area contributed by atoms with Crippen molar-refractivity contribution < 1.29 is 14.3 Å². The van der Waals surface area contributed by atoms with Crippen molar-refractivity contribution in [3.05, 3.63) is 58.3 Å². The van der Waals surface area contributed by atoms with Crippen LogP contribution < -0.4 is 10.2 Å². The molecule has 1 amide bonds. The van der Waals surface area contributed by atoms with Crippen LogP contribution in [0.5, 0.6) is 0 Å². The Morgan fingerprint density at radius 2 is 1.84 bits per heavy atom. The minimum Gasteiger partial charge on any atom is -0.458 e. The Labute approximate surface area is 189 Å². The Bertz CT molecular complexity index is 1050. The fourth-order valence-corrected chi connectivity index (χ4v) is 4.08. The first-order chi connectivity index (χ1) is 15.6. The fraction of sp³-hybridized carbons (Fsp3) is 0.364. The van der Waals surface area contributed by atoms with Gasteiger partial charge in [0.15, 0.2) is 5.01 Å². The number of anilines is 2. The molecule has 9 nitrogen and oxygen atoms in total. The maximum Gasteiger partial charge on any atom is 0.309 e. The smallest absolute Gasteiger partial charge is 0.309 e. The van der Waals surface area contributed by atoms with E-state index < -0.39 is 0 Å². The molecule has 0 saturated carbocycles. The minimum atomic E-state index is -0.333. The highest BCUT2D eigenvalue weighted by molar-refractivity contribution is 7.13. The number of aryl methyl sites for hydroxylation is 1. The zero-order valence-electron chi connectivity index (χ0n) is 17.7. The first-order valence-corrected chi connectivity index (χ1v) is 11.4. The summed E-state index contributed by atoms with van der Waals surface area (Å²) in [7, 11) is 0. The molecule has 1 fully saturated rings. The number of amides is 1. The summed E-state index contributed by atoms with van der Waals surface area (Å²) in [5.41, 5.74) is 1.89. The molecule has 0 aliphatic carbocycles. The molecule has 0 atom stereocenters. The molecule has 166 valence electrons. The highest BCUT2D eigenvalue weighted by Crippen LogP contribution is 2.22. The summed E-state index contributed by atoms with van der Waals surface area (Å²) >= 11 is 1.12. The van der Waals surface area contributed by atoms with E-state index in [1.165, 1.54) is 5.56 Å². The summed E-state index contributed by atoms with van der Waals surface area (Å²) in [6, 6.07) is 9.43. The van der Waals surface area contributed by atoms with Crippen molar-refractivity contribution >= 4 is 34.8 Å². The Morgan fingerprint density at radius 3 is 2.53 bits per heavy atom. The molecular formula is C22H24N6O3S. The molecule has 1 aromatic carbocycles. The zero-order chi connectivity index (χ0) is 22.3. The number of nitrogens with zero attached hydrogens (tertiary/aromatic N) is 5. The predicted octanol–water partition coefficient (Wildman–Crippen LogP) is 3.10. The summed E-state index contributed by atoms with van der Waals surface area (Å²) in [6.07, 6.45) is 5.71. The van der Waals surface area contributed by atoms with Crippen molar-refractivity contribution in [2.24, 2.45) is 5.92 Å². The SMILES string of the molecule is CCc1ccc(NC(=O)c2nnc(COC(=O)C3CCN(c4ncccn4)CC3)s2)cc1. The molecule has 32 heavy (non-hydrogen) atoms. The summed E-state index contributed by atoms with van der Waals surface area (Å²) in [6.45, 7) is 3.49. The van der Waals surface area contributed by atoms with E-state index in [9.17, 15) is 9.59 Å². The van der Waals surface area contributed by atoms with Crippen LogP contribution in [0.4, 0.5) is 11.6 Å². The van der Waals surface area contributed by atoms with Crippen LogP contribution in [0.25, 0.3) is 0 Å². The first kappa shape index (κ1) is 21.8. The Kier molecular flexibility index (Phi) is 7.00. The Morgan fingerprint density at radius 1 is 1.12 bits per heavy atom. The second kappa shape index (κ2) is 10.3. The monoisotopic (exact) mass is 452 g/mol. The van der Waals surface area contributed by atoms with Gasteiger partial charge in [-0.25, -0.2) is 9.97 Å². The van der Waals surface area contributed by atoms with Gasteiger partial charge in [0.05, 0.1) is 5.92 Å². The average Bonchev–Trinajstić information content (AvgIpc) is 3.33. The van der Waals surface area contributed by atoms with Crippen LogP contribution in [0, 0.1) is 5.92 Å². The maximum atomic E-state index is 12.5. The molecule has 1 N–H and O–H groups in total. The first-order valence-electron chi connectivity index (χ1n) is 10.5. The molecule has 0 bridgehead atoms. The second-order valence-corrected chi connectivity index (χ2v) is 8.49. The van der Waals surface area contributed by atoms with Crippen molar-refractivity contribution in [1.82, 2.24) is 20.2 Å². The number of rotatable bonds is 7. The van der Waals surface area contributed by atoms with Crippen LogP contribution in [0.1, 0.15) is 40.1 Å². The van der Waals surface area contributed by atoms with E-state index in [2.05, 4.69) is 37.3 Å². The molecule has 3 heterocycles. The molecular weight excluding hydrogens is 428 g/mol. The van der Waals surface area contributed by atoms with Gasteiger partial charge in [0, 0.05) is 31.2 Å². The Hall–Kier alpha value is -3.40. The average molecular weight is 453 g/mol. The van der Waals surface area contributed by atoms with Gasteiger partial charge in [0.2, 0.25) is 11.0 Å². The number of benzene rings is 1. The van der Waals surface area contributed by atoms with E-state index in [0.717, 1.165) is 17.8 Å². The molecule has 0 radical (unpaired) electrons. The van der Waals surface area contributed by atoms with Crippen molar-refractivity contribution in [1.29, 1.82) is 0 Å². The zero-order valence-corrected chi connectivity index (χ0v) is 18.5. The van der Waals surface area contributed by atoms with Gasteiger partial charge in [0.25, 0.3) is 5.91 Å². The topological polar surface area (TPSA) is 110 Å². The highest BCUT2D eigenvalue weighted by Gasteiger charge is 2.27. The summed E-state index contributed by atoms with van der Waals surface area (Å²) < 4.78 is 5.43. The summed E-state index contributed by atoms with van der Waals surface area (Å²) in [5, 5.41) is 11.4. The van der Waals surface area contributed by atoms with Crippen molar-refractivity contribution in [2.75, 3.05) is 23.3 Å². The molecule has 0 unspecified atom stereocenters. The van der Waals surface area contributed by atoms with Gasteiger partial charge in [-0.15, -0.1) is 10.2 Å². The van der Waals surface area contributed by atoms with Gasteiger partial charge in [-0.3, -0.25) is 9.59 Å². The predicted molar refractivity (Wildman–Crippen MR) is 120 cm³/mol. The van der Waals surface area contributed by atoms with E-state index >= 15 is 0 Å². The third-order valence-corrected chi connectivity index (χ3v) is 6.18. The van der Waals surface area contributed by atoms with Crippen LogP contribution in [0.15, 0.2) is 42.7 Å².